The number of methoxy groups -OCH3 is 1. The van der Waals surface area contributed by atoms with Crippen LogP contribution >= 0.6 is 15.9 Å². The van der Waals surface area contributed by atoms with Gasteiger partial charge in [0.1, 0.15) is 5.75 Å². The van der Waals surface area contributed by atoms with Gasteiger partial charge in [-0.3, -0.25) is 0 Å². The van der Waals surface area contributed by atoms with E-state index < -0.39 is 0 Å². The van der Waals surface area contributed by atoms with Crippen molar-refractivity contribution in [3.05, 3.63) is 35.1 Å². The minimum absolute atomic E-state index is 0.636. The van der Waals surface area contributed by atoms with Gasteiger partial charge in [0.2, 0.25) is 5.95 Å². The van der Waals surface area contributed by atoms with E-state index in [2.05, 4.69) is 36.5 Å². The summed E-state index contributed by atoms with van der Waals surface area (Å²) >= 11 is 3.48. The lowest BCUT2D eigenvalue weighted by molar-refractivity contribution is 0.412. The van der Waals surface area contributed by atoms with Crippen LogP contribution in [-0.4, -0.2) is 37.2 Å². The highest BCUT2D eigenvalue weighted by molar-refractivity contribution is 9.10. The van der Waals surface area contributed by atoms with Gasteiger partial charge in [-0.2, -0.15) is 0 Å². The number of hydrogen-bond acceptors (Lipinski definition) is 5. The third kappa shape index (κ3) is 3.68. The first kappa shape index (κ1) is 14.7. The van der Waals surface area contributed by atoms with Crippen LogP contribution in [0.3, 0.4) is 0 Å². The van der Waals surface area contributed by atoms with E-state index in [9.17, 15) is 0 Å². The molecule has 0 saturated heterocycles. The average Bonchev–Trinajstić information content (AvgIpc) is 2.48. The second-order valence-corrected chi connectivity index (χ2v) is 5.03. The smallest absolute Gasteiger partial charge is 0.222 e. The highest BCUT2D eigenvalue weighted by atomic mass is 79.9. The molecule has 2 N–H and O–H groups in total. The second kappa shape index (κ2) is 7.21. The van der Waals surface area contributed by atoms with Crippen molar-refractivity contribution in [2.75, 3.05) is 32.6 Å². The number of rotatable bonds is 6. The van der Waals surface area contributed by atoms with Gasteiger partial charge in [0.05, 0.1) is 11.6 Å². The lowest BCUT2D eigenvalue weighted by Gasteiger charge is -2.07. The van der Waals surface area contributed by atoms with E-state index >= 15 is 0 Å². The fourth-order valence-electron chi connectivity index (χ4n) is 1.71. The summed E-state index contributed by atoms with van der Waals surface area (Å²) in [6.45, 7) is 1.67. The van der Waals surface area contributed by atoms with Crippen molar-refractivity contribution in [2.24, 2.45) is 0 Å². The molecule has 5 nitrogen and oxygen atoms in total. The van der Waals surface area contributed by atoms with Crippen molar-refractivity contribution in [3.63, 3.8) is 0 Å². The van der Waals surface area contributed by atoms with E-state index in [1.165, 1.54) is 0 Å². The predicted molar refractivity (Wildman–Crippen MR) is 84.1 cm³/mol. The molecule has 0 unspecified atom stereocenters. The first-order valence-corrected chi connectivity index (χ1v) is 7.08. The van der Waals surface area contributed by atoms with Crippen molar-refractivity contribution >= 4 is 21.9 Å². The van der Waals surface area contributed by atoms with Gasteiger partial charge in [0.15, 0.2) is 0 Å². The number of ether oxygens (including phenoxy) is 1. The summed E-state index contributed by atoms with van der Waals surface area (Å²) < 4.78 is 6.13. The normalized spacial score (nSPS) is 10.3. The minimum Gasteiger partial charge on any atom is -0.496 e. The van der Waals surface area contributed by atoms with Gasteiger partial charge in [-0.15, -0.1) is 0 Å². The molecule has 20 heavy (non-hydrogen) atoms. The molecule has 0 saturated carbocycles. The maximum Gasteiger partial charge on any atom is 0.222 e. The Morgan fingerprint density at radius 1 is 1.15 bits per heavy atom. The Hall–Kier alpha value is -1.66. The molecule has 0 aliphatic rings. The fourth-order valence-corrected chi connectivity index (χ4v) is 2.25. The van der Waals surface area contributed by atoms with Crippen LogP contribution in [0.1, 0.15) is 0 Å². The summed E-state index contributed by atoms with van der Waals surface area (Å²) in [5.74, 6) is 1.44. The topological polar surface area (TPSA) is 59.1 Å². The molecule has 1 aromatic heterocycles. The van der Waals surface area contributed by atoms with Gasteiger partial charge >= 0.3 is 0 Å². The van der Waals surface area contributed by atoms with Gasteiger partial charge in [-0.25, -0.2) is 9.97 Å². The molecular formula is C14H17BrN4O. The summed E-state index contributed by atoms with van der Waals surface area (Å²) in [6.07, 6.45) is 3.62. The summed E-state index contributed by atoms with van der Waals surface area (Å²) in [4.78, 5) is 8.61. The monoisotopic (exact) mass is 336 g/mol. The molecule has 106 valence electrons. The number of anilines is 1. The van der Waals surface area contributed by atoms with Crippen molar-refractivity contribution in [1.82, 2.24) is 15.3 Å². The SMILES string of the molecule is CNCCNc1ncc(-c2ccc(OC)c(Br)c2)cn1. The lowest BCUT2D eigenvalue weighted by atomic mass is 10.1. The molecule has 0 atom stereocenters. The van der Waals surface area contributed by atoms with Gasteiger partial charge < -0.3 is 15.4 Å². The highest BCUT2D eigenvalue weighted by Gasteiger charge is 2.04. The van der Waals surface area contributed by atoms with Gasteiger partial charge in [0, 0.05) is 31.0 Å². The highest BCUT2D eigenvalue weighted by Crippen LogP contribution is 2.30. The lowest BCUT2D eigenvalue weighted by Crippen LogP contribution is -2.18. The third-order valence-electron chi connectivity index (χ3n) is 2.80. The molecule has 1 aromatic carbocycles. The molecule has 2 aromatic rings. The molecule has 0 amide bonds. The van der Waals surface area contributed by atoms with E-state index in [-0.39, 0.29) is 0 Å². The van der Waals surface area contributed by atoms with Crippen LogP contribution in [0.5, 0.6) is 5.75 Å². The molecule has 0 radical (unpaired) electrons. The fraction of sp³-hybridized carbons (Fsp3) is 0.286. The van der Waals surface area contributed by atoms with E-state index in [4.69, 9.17) is 4.74 Å². The zero-order chi connectivity index (χ0) is 14.4. The summed E-state index contributed by atoms with van der Waals surface area (Å²) in [5, 5.41) is 6.20. The van der Waals surface area contributed by atoms with Crippen molar-refractivity contribution in [3.8, 4) is 16.9 Å². The Balaban J connectivity index is 2.11. The molecule has 0 fully saturated rings. The number of halogens is 1. The van der Waals surface area contributed by atoms with Crippen LogP contribution in [0.15, 0.2) is 35.1 Å². The Morgan fingerprint density at radius 3 is 2.50 bits per heavy atom. The largest absolute Gasteiger partial charge is 0.496 e. The quantitative estimate of drug-likeness (QED) is 0.794. The Kier molecular flexibility index (Phi) is 5.31. The van der Waals surface area contributed by atoms with Crippen LogP contribution in [0.2, 0.25) is 0 Å². The molecule has 0 bridgehead atoms. The van der Waals surface area contributed by atoms with Crippen molar-refractivity contribution in [1.29, 1.82) is 0 Å². The van der Waals surface area contributed by atoms with E-state index in [1.807, 2.05) is 37.6 Å². The van der Waals surface area contributed by atoms with Crippen molar-refractivity contribution < 1.29 is 4.74 Å². The maximum absolute atomic E-state index is 5.22. The summed E-state index contributed by atoms with van der Waals surface area (Å²) in [5.41, 5.74) is 2.01. The maximum atomic E-state index is 5.22. The minimum atomic E-state index is 0.636. The Bertz CT molecular complexity index is 560. The number of benzene rings is 1. The first-order chi connectivity index (χ1) is 9.74. The average molecular weight is 337 g/mol. The van der Waals surface area contributed by atoms with E-state index in [1.54, 1.807) is 7.11 Å². The Morgan fingerprint density at radius 2 is 1.90 bits per heavy atom. The molecular weight excluding hydrogens is 320 g/mol. The number of nitrogens with one attached hydrogen (secondary N) is 2. The third-order valence-corrected chi connectivity index (χ3v) is 3.41. The molecule has 2 rings (SSSR count). The van der Waals surface area contributed by atoms with Crippen LogP contribution in [0.25, 0.3) is 11.1 Å². The number of hydrogen-bond donors (Lipinski definition) is 2. The van der Waals surface area contributed by atoms with Gasteiger partial charge in [0.25, 0.3) is 0 Å². The van der Waals surface area contributed by atoms with Crippen molar-refractivity contribution in [2.45, 2.75) is 0 Å². The number of nitrogens with zero attached hydrogens (tertiary/aromatic N) is 2. The predicted octanol–water partition coefficient (Wildman–Crippen LogP) is 2.55. The van der Waals surface area contributed by atoms with Crippen LogP contribution < -0.4 is 15.4 Å². The zero-order valence-corrected chi connectivity index (χ0v) is 13.1. The van der Waals surface area contributed by atoms with E-state index in [0.717, 1.165) is 34.4 Å². The molecule has 0 aliphatic carbocycles. The van der Waals surface area contributed by atoms with Crippen LogP contribution in [0, 0.1) is 0 Å². The second-order valence-electron chi connectivity index (χ2n) is 4.18. The summed E-state index contributed by atoms with van der Waals surface area (Å²) in [7, 11) is 3.56. The van der Waals surface area contributed by atoms with Gasteiger partial charge in [-0.1, -0.05) is 6.07 Å². The molecule has 0 aliphatic heterocycles. The molecule has 1 heterocycles. The standard InChI is InChI=1S/C14H17BrN4O/c1-16-5-6-17-14-18-8-11(9-19-14)10-3-4-13(20-2)12(15)7-10/h3-4,7-9,16H,5-6H2,1-2H3,(H,17,18,19). The first-order valence-electron chi connectivity index (χ1n) is 6.29. The number of likely N-dealkylation sites (N-methyl/N-ethyl adjacent to an activating group) is 1. The van der Waals surface area contributed by atoms with Gasteiger partial charge in [-0.05, 0) is 40.7 Å². The van der Waals surface area contributed by atoms with Crippen LogP contribution in [0.4, 0.5) is 5.95 Å². The van der Waals surface area contributed by atoms with E-state index in [0.29, 0.717) is 5.95 Å². The summed E-state index contributed by atoms with van der Waals surface area (Å²) in [6, 6.07) is 5.89. The molecule has 0 spiro atoms. The zero-order valence-electron chi connectivity index (χ0n) is 11.5. The Labute approximate surface area is 126 Å². The number of aromatic nitrogens is 2. The van der Waals surface area contributed by atoms with Crippen LogP contribution in [-0.2, 0) is 0 Å². The molecule has 6 heteroatoms.